The lowest BCUT2D eigenvalue weighted by Gasteiger charge is -2.62. The van der Waals surface area contributed by atoms with Crippen molar-refractivity contribution in [2.24, 2.45) is 52.1 Å². The van der Waals surface area contributed by atoms with E-state index < -0.39 is 12.0 Å². The Bertz CT molecular complexity index is 772. The number of carboxylic acids is 1. The number of unbranched alkanes of at least 4 members (excludes halogenated alkanes) is 1. The summed E-state index contributed by atoms with van der Waals surface area (Å²) in [6, 6.07) is -0.438. The van der Waals surface area contributed by atoms with E-state index in [2.05, 4.69) is 13.8 Å². The Hall–Kier alpha value is -1.14. The van der Waals surface area contributed by atoms with Crippen molar-refractivity contribution in [2.75, 3.05) is 13.1 Å². The summed E-state index contributed by atoms with van der Waals surface area (Å²) in [6.45, 7) is 10.5. The molecule has 1 saturated heterocycles. The lowest BCUT2D eigenvalue weighted by Crippen LogP contribution is -2.62. The number of aliphatic carboxylic acids is 1. The van der Waals surface area contributed by atoms with Crippen LogP contribution < -0.4 is 5.73 Å². The molecule has 1 amide bonds. The number of aliphatic hydroxyl groups excluding tert-OH is 1. The Labute approximate surface area is 206 Å². The van der Waals surface area contributed by atoms with Crippen molar-refractivity contribution < 1.29 is 19.8 Å². The van der Waals surface area contributed by atoms with Crippen LogP contribution in [0.15, 0.2) is 0 Å². The van der Waals surface area contributed by atoms with Crippen LogP contribution in [0.4, 0.5) is 0 Å². The van der Waals surface area contributed by atoms with Crippen LogP contribution in [-0.4, -0.2) is 52.2 Å². The van der Waals surface area contributed by atoms with E-state index in [1.165, 1.54) is 25.7 Å². The fourth-order valence-corrected chi connectivity index (χ4v) is 8.87. The third-order valence-electron chi connectivity index (χ3n) is 11.1. The summed E-state index contributed by atoms with van der Waals surface area (Å²) in [5, 5.41) is 20.5. The van der Waals surface area contributed by atoms with Gasteiger partial charge in [0.05, 0.1) is 12.1 Å². The van der Waals surface area contributed by atoms with E-state index in [0.717, 1.165) is 45.2 Å². The number of nitrogens with zero attached hydrogens (tertiary/aromatic N) is 1. The standard InChI is InChI=1S/C28H48N2O4/c1-17(2)25(29)26(34)30-14-13-28(4)19(16-30)15-22(31)24-20-10-9-18(7-5-6-8-23(32)33)27(20,3)12-11-21(24)28/h17-22,24-25,31H,5-16,29H2,1-4H3,(H,32,33). The number of likely N-dealkylation sites (tertiary alicyclic amines) is 1. The minimum Gasteiger partial charge on any atom is -0.481 e. The second-order valence-corrected chi connectivity index (χ2v) is 13.1. The number of hydrogen-bond acceptors (Lipinski definition) is 4. The highest BCUT2D eigenvalue weighted by atomic mass is 16.4. The van der Waals surface area contributed by atoms with Crippen LogP contribution >= 0.6 is 0 Å². The molecule has 3 saturated carbocycles. The zero-order valence-electron chi connectivity index (χ0n) is 21.8. The minimum atomic E-state index is -0.692. The predicted octanol–water partition coefficient (Wildman–Crippen LogP) is 4.29. The zero-order chi connectivity index (χ0) is 24.8. The van der Waals surface area contributed by atoms with Gasteiger partial charge in [-0.1, -0.05) is 34.1 Å². The summed E-state index contributed by atoms with van der Waals surface area (Å²) < 4.78 is 0. The Morgan fingerprint density at radius 1 is 1.06 bits per heavy atom. The molecule has 0 aromatic heterocycles. The molecule has 4 N–H and O–H groups in total. The molecule has 0 radical (unpaired) electrons. The van der Waals surface area contributed by atoms with E-state index in [4.69, 9.17) is 10.8 Å². The lowest BCUT2D eigenvalue weighted by molar-refractivity contribution is -0.175. The Morgan fingerprint density at radius 2 is 1.76 bits per heavy atom. The molecule has 9 atom stereocenters. The molecule has 4 rings (SSSR count). The van der Waals surface area contributed by atoms with Crippen LogP contribution in [0.1, 0.15) is 91.9 Å². The Morgan fingerprint density at radius 3 is 2.44 bits per heavy atom. The van der Waals surface area contributed by atoms with E-state index in [1.807, 2.05) is 18.7 Å². The van der Waals surface area contributed by atoms with Gasteiger partial charge in [-0.3, -0.25) is 9.59 Å². The zero-order valence-corrected chi connectivity index (χ0v) is 21.8. The normalized spacial score (nSPS) is 42.6. The topological polar surface area (TPSA) is 104 Å². The number of carbonyl (C=O) groups is 2. The molecule has 0 spiro atoms. The first-order valence-corrected chi connectivity index (χ1v) is 13.9. The van der Waals surface area contributed by atoms with Gasteiger partial charge in [0.15, 0.2) is 0 Å². The van der Waals surface area contributed by atoms with Crippen molar-refractivity contribution in [1.29, 1.82) is 0 Å². The van der Waals surface area contributed by atoms with Crippen LogP contribution in [0, 0.1) is 46.3 Å². The first kappa shape index (κ1) is 25.9. The average Bonchev–Trinajstić information content (AvgIpc) is 3.12. The first-order valence-electron chi connectivity index (χ1n) is 13.9. The van der Waals surface area contributed by atoms with Gasteiger partial charge in [0.2, 0.25) is 5.91 Å². The molecule has 6 heteroatoms. The number of carbonyl (C=O) groups excluding carboxylic acids is 1. The van der Waals surface area contributed by atoms with E-state index >= 15 is 0 Å². The maximum atomic E-state index is 13.0. The monoisotopic (exact) mass is 476 g/mol. The number of nitrogens with two attached hydrogens (primary N) is 1. The van der Waals surface area contributed by atoms with Gasteiger partial charge in [-0.15, -0.1) is 0 Å². The predicted molar refractivity (Wildman–Crippen MR) is 133 cm³/mol. The summed E-state index contributed by atoms with van der Waals surface area (Å²) in [4.78, 5) is 25.8. The molecule has 1 aliphatic heterocycles. The summed E-state index contributed by atoms with van der Waals surface area (Å²) in [7, 11) is 0. The maximum Gasteiger partial charge on any atom is 0.303 e. The molecule has 9 unspecified atom stereocenters. The van der Waals surface area contributed by atoms with Crippen molar-refractivity contribution in [1.82, 2.24) is 4.90 Å². The summed E-state index contributed by atoms with van der Waals surface area (Å²) in [6.07, 6.45) is 9.52. The molecule has 194 valence electrons. The van der Waals surface area contributed by atoms with Gasteiger partial charge in [0.25, 0.3) is 0 Å². The smallest absolute Gasteiger partial charge is 0.303 e. The number of fused-ring (bicyclic) bond motifs is 5. The molecule has 4 fully saturated rings. The number of piperidine rings is 1. The average molecular weight is 477 g/mol. The second kappa shape index (κ2) is 9.72. The van der Waals surface area contributed by atoms with Gasteiger partial charge in [-0.05, 0) is 97.7 Å². The second-order valence-electron chi connectivity index (χ2n) is 13.1. The highest BCUT2D eigenvalue weighted by Crippen LogP contribution is 2.67. The summed E-state index contributed by atoms with van der Waals surface area (Å²) in [5.41, 5.74) is 6.66. The SMILES string of the molecule is CC(C)C(N)C(=O)N1CCC2(C)C(CC(O)C3C4CCC(CCCCC(=O)O)C4(C)CCC32)C1. The van der Waals surface area contributed by atoms with Crippen molar-refractivity contribution in [3.05, 3.63) is 0 Å². The van der Waals surface area contributed by atoms with Crippen molar-refractivity contribution in [2.45, 2.75) is 104 Å². The summed E-state index contributed by atoms with van der Waals surface area (Å²) >= 11 is 0. The van der Waals surface area contributed by atoms with Crippen LogP contribution in [0.2, 0.25) is 0 Å². The Kier molecular flexibility index (Phi) is 7.42. The molecule has 1 heterocycles. The molecular weight excluding hydrogens is 428 g/mol. The van der Waals surface area contributed by atoms with E-state index in [0.29, 0.717) is 29.6 Å². The lowest BCUT2D eigenvalue weighted by atomic mass is 9.45. The minimum absolute atomic E-state index is 0.0754. The van der Waals surface area contributed by atoms with Crippen LogP contribution in [-0.2, 0) is 9.59 Å². The van der Waals surface area contributed by atoms with Gasteiger partial charge < -0.3 is 20.8 Å². The van der Waals surface area contributed by atoms with Crippen molar-refractivity contribution in [3.8, 4) is 0 Å². The molecular formula is C28H48N2O4. The molecule has 34 heavy (non-hydrogen) atoms. The highest BCUT2D eigenvalue weighted by Gasteiger charge is 2.62. The number of amides is 1. The number of rotatable bonds is 7. The molecule has 0 aromatic carbocycles. The molecule has 4 aliphatic rings. The van der Waals surface area contributed by atoms with Gasteiger partial charge in [0.1, 0.15) is 0 Å². The molecule has 0 aromatic rings. The van der Waals surface area contributed by atoms with Crippen LogP contribution in [0.25, 0.3) is 0 Å². The number of carboxylic acid groups (broad SMARTS) is 1. The molecule has 3 aliphatic carbocycles. The van der Waals surface area contributed by atoms with Crippen LogP contribution in [0.5, 0.6) is 0 Å². The van der Waals surface area contributed by atoms with Gasteiger partial charge in [0, 0.05) is 19.5 Å². The van der Waals surface area contributed by atoms with Crippen LogP contribution in [0.3, 0.4) is 0 Å². The Balaban J connectivity index is 1.45. The van der Waals surface area contributed by atoms with E-state index in [9.17, 15) is 14.7 Å². The fourth-order valence-electron chi connectivity index (χ4n) is 8.87. The molecule has 6 nitrogen and oxygen atoms in total. The van der Waals surface area contributed by atoms with Gasteiger partial charge in [-0.2, -0.15) is 0 Å². The van der Waals surface area contributed by atoms with Gasteiger partial charge in [-0.25, -0.2) is 0 Å². The highest BCUT2D eigenvalue weighted by molar-refractivity contribution is 5.82. The fraction of sp³-hybridized carbons (Fsp3) is 0.929. The third-order valence-corrected chi connectivity index (χ3v) is 11.1. The quantitative estimate of drug-likeness (QED) is 0.476. The van der Waals surface area contributed by atoms with Crippen molar-refractivity contribution in [3.63, 3.8) is 0 Å². The van der Waals surface area contributed by atoms with E-state index in [-0.39, 0.29) is 35.2 Å². The molecule has 0 bridgehead atoms. The number of hydrogen-bond donors (Lipinski definition) is 3. The summed E-state index contributed by atoms with van der Waals surface area (Å²) in [5.74, 6) is 1.98. The largest absolute Gasteiger partial charge is 0.481 e. The van der Waals surface area contributed by atoms with E-state index in [1.54, 1.807) is 0 Å². The first-order chi connectivity index (χ1) is 16.0. The maximum absolute atomic E-state index is 13.0. The van der Waals surface area contributed by atoms with Gasteiger partial charge >= 0.3 is 5.97 Å². The number of aliphatic hydroxyl groups is 1. The van der Waals surface area contributed by atoms with Crippen molar-refractivity contribution >= 4 is 11.9 Å². The third kappa shape index (κ3) is 4.42.